The van der Waals surface area contributed by atoms with Crippen LogP contribution in [0, 0.1) is 13.8 Å². The third-order valence-electron chi connectivity index (χ3n) is 4.83. The Morgan fingerprint density at radius 3 is 2.58 bits per heavy atom. The van der Waals surface area contributed by atoms with Gasteiger partial charge in [-0.25, -0.2) is 4.79 Å². The van der Waals surface area contributed by atoms with E-state index in [2.05, 4.69) is 16.0 Å². The quantitative estimate of drug-likeness (QED) is 0.915. The van der Waals surface area contributed by atoms with Crippen molar-refractivity contribution < 1.29 is 9.53 Å². The van der Waals surface area contributed by atoms with Gasteiger partial charge in [0.2, 0.25) is 0 Å². The number of piperazine rings is 1. The second-order valence-corrected chi connectivity index (χ2v) is 6.33. The van der Waals surface area contributed by atoms with Gasteiger partial charge in [-0.3, -0.25) is 9.69 Å². The second kappa shape index (κ2) is 6.65. The summed E-state index contributed by atoms with van der Waals surface area (Å²) in [5, 5.41) is 1.06. The smallest absolute Gasteiger partial charge is 0.409 e. The highest BCUT2D eigenvalue weighted by Gasteiger charge is 2.22. The molecule has 0 bridgehead atoms. The van der Waals surface area contributed by atoms with E-state index in [4.69, 9.17) is 4.74 Å². The van der Waals surface area contributed by atoms with Crippen molar-refractivity contribution in [2.75, 3.05) is 33.3 Å². The van der Waals surface area contributed by atoms with Crippen molar-refractivity contribution in [3.63, 3.8) is 0 Å². The number of aromatic amines is 1. The molecule has 1 N–H and O–H groups in total. The van der Waals surface area contributed by atoms with E-state index >= 15 is 0 Å². The third-order valence-corrected chi connectivity index (χ3v) is 4.83. The maximum absolute atomic E-state index is 12.4. The van der Waals surface area contributed by atoms with Crippen molar-refractivity contribution in [1.29, 1.82) is 0 Å². The summed E-state index contributed by atoms with van der Waals surface area (Å²) in [5.74, 6) is 0. The van der Waals surface area contributed by atoms with Crippen LogP contribution in [0.3, 0.4) is 0 Å². The van der Waals surface area contributed by atoms with Crippen LogP contribution in [0.25, 0.3) is 10.9 Å². The number of hydrogen-bond donors (Lipinski definition) is 1. The van der Waals surface area contributed by atoms with Gasteiger partial charge < -0.3 is 14.6 Å². The van der Waals surface area contributed by atoms with Gasteiger partial charge in [-0.15, -0.1) is 0 Å². The number of rotatable bonds is 2. The average Bonchev–Trinajstić information content (AvgIpc) is 2.60. The van der Waals surface area contributed by atoms with Crippen molar-refractivity contribution in [3.8, 4) is 0 Å². The maximum Gasteiger partial charge on any atom is 0.409 e. The summed E-state index contributed by atoms with van der Waals surface area (Å²) in [5.41, 5.74) is 3.93. The summed E-state index contributed by atoms with van der Waals surface area (Å²) < 4.78 is 4.74. The summed E-state index contributed by atoms with van der Waals surface area (Å²) >= 11 is 0. The van der Waals surface area contributed by atoms with Crippen molar-refractivity contribution >= 4 is 17.0 Å². The number of benzene rings is 1. The highest BCUT2D eigenvalue weighted by atomic mass is 16.5. The lowest BCUT2D eigenvalue weighted by atomic mass is 10.0. The number of nitrogens with zero attached hydrogens (tertiary/aromatic N) is 2. The molecule has 6 heteroatoms. The van der Waals surface area contributed by atoms with Gasteiger partial charge in [-0.05, 0) is 36.4 Å². The molecule has 1 saturated heterocycles. The highest BCUT2D eigenvalue weighted by Crippen LogP contribution is 2.19. The van der Waals surface area contributed by atoms with E-state index in [1.165, 1.54) is 12.7 Å². The largest absolute Gasteiger partial charge is 0.453 e. The summed E-state index contributed by atoms with van der Waals surface area (Å²) in [6.45, 7) is 7.38. The Kier molecular flexibility index (Phi) is 4.57. The van der Waals surface area contributed by atoms with E-state index in [0.717, 1.165) is 35.1 Å². The first kappa shape index (κ1) is 16.5. The lowest BCUT2D eigenvalue weighted by Gasteiger charge is -2.33. The number of hydrogen-bond acceptors (Lipinski definition) is 4. The Morgan fingerprint density at radius 2 is 1.92 bits per heavy atom. The molecule has 2 aromatic rings. The number of fused-ring (bicyclic) bond motifs is 1. The summed E-state index contributed by atoms with van der Waals surface area (Å²) in [6.07, 6.45) is -0.288. The highest BCUT2D eigenvalue weighted by molar-refractivity contribution is 5.83. The fourth-order valence-electron chi connectivity index (χ4n) is 3.15. The van der Waals surface area contributed by atoms with Crippen LogP contribution in [0.2, 0.25) is 0 Å². The van der Waals surface area contributed by atoms with Gasteiger partial charge in [0.05, 0.1) is 12.6 Å². The molecule has 1 fully saturated rings. The Bertz CT molecular complexity index is 820. The van der Waals surface area contributed by atoms with Crippen LogP contribution in [0.1, 0.15) is 16.7 Å². The molecule has 24 heavy (non-hydrogen) atoms. The molecule has 0 unspecified atom stereocenters. The van der Waals surface area contributed by atoms with Gasteiger partial charge in [-0.1, -0.05) is 12.1 Å². The van der Waals surface area contributed by atoms with Crippen LogP contribution in [-0.4, -0.2) is 54.2 Å². The molecule has 1 aromatic heterocycles. The minimum Gasteiger partial charge on any atom is -0.453 e. The van der Waals surface area contributed by atoms with Gasteiger partial charge in [0.25, 0.3) is 5.56 Å². The number of methoxy groups -OCH3 is 1. The number of aromatic nitrogens is 1. The summed E-state index contributed by atoms with van der Waals surface area (Å²) in [4.78, 5) is 30.8. The van der Waals surface area contributed by atoms with Crippen molar-refractivity contribution in [2.45, 2.75) is 20.4 Å². The van der Waals surface area contributed by atoms with E-state index in [-0.39, 0.29) is 11.7 Å². The molecule has 2 heterocycles. The van der Waals surface area contributed by atoms with Gasteiger partial charge >= 0.3 is 6.09 Å². The molecule has 128 valence electrons. The van der Waals surface area contributed by atoms with Gasteiger partial charge in [0.15, 0.2) is 0 Å². The molecular formula is C18H23N3O3. The number of ether oxygens (including phenoxy) is 1. The zero-order chi connectivity index (χ0) is 17.3. The van der Waals surface area contributed by atoms with Crippen LogP contribution >= 0.6 is 0 Å². The lowest BCUT2D eigenvalue weighted by molar-refractivity contribution is 0.0888. The summed E-state index contributed by atoms with van der Waals surface area (Å²) in [7, 11) is 1.40. The van der Waals surface area contributed by atoms with Crippen LogP contribution < -0.4 is 5.56 Å². The van der Waals surface area contributed by atoms with E-state index in [1.807, 2.05) is 26.0 Å². The first-order valence-electron chi connectivity index (χ1n) is 8.17. The minimum absolute atomic E-state index is 0.0356. The number of aryl methyl sites for hydroxylation is 2. The molecule has 6 nitrogen and oxygen atoms in total. The topological polar surface area (TPSA) is 65.6 Å². The van der Waals surface area contributed by atoms with Crippen LogP contribution in [0.4, 0.5) is 4.79 Å². The average molecular weight is 329 g/mol. The van der Waals surface area contributed by atoms with E-state index < -0.39 is 0 Å². The molecule has 1 amide bonds. The first-order valence-corrected chi connectivity index (χ1v) is 8.17. The zero-order valence-electron chi connectivity index (χ0n) is 14.4. The number of amides is 1. The van der Waals surface area contributed by atoms with Crippen LogP contribution in [-0.2, 0) is 11.3 Å². The molecule has 1 aliphatic heterocycles. The Hall–Kier alpha value is -2.34. The SMILES string of the molecule is COC(=O)N1CCN(Cc2cc3ccc(C)c(C)c3[nH]c2=O)CC1. The normalized spacial score (nSPS) is 15.7. The molecule has 0 radical (unpaired) electrons. The van der Waals surface area contributed by atoms with E-state index in [1.54, 1.807) is 4.90 Å². The van der Waals surface area contributed by atoms with Gasteiger partial charge in [0.1, 0.15) is 0 Å². The molecule has 3 rings (SSSR count). The fourth-order valence-corrected chi connectivity index (χ4v) is 3.15. The number of nitrogens with one attached hydrogen (secondary N) is 1. The molecule has 0 saturated carbocycles. The molecule has 0 atom stereocenters. The van der Waals surface area contributed by atoms with E-state index in [0.29, 0.717) is 19.6 Å². The Morgan fingerprint density at radius 1 is 1.21 bits per heavy atom. The standard InChI is InChI=1S/C18H23N3O3/c1-12-4-5-14-10-15(17(22)19-16(14)13(12)2)11-20-6-8-21(9-7-20)18(23)24-3/h4-5,10H,6-9,11H2,1-3H3,(H,19,22). The number of carbonyl (C=O) groups excluding carboxylic acids is 1. The molecule has 0 aliphatic carbocycles. The van der Waals surface area contributed by atoms with Crippen LogP contribution in [0.5, 0.6) is 0 Å². The minimum atomic E-state index is -0.288. The Labute approximate surface area is 141 Å². The fraction of sp³-hybridized carbons (Fsp3) is 0.444. The third kappa shape index (κ3) is 3.14. The molecule has 0 spiro atoms. The number of H-pyrrole nitrogens is 1. The number of carbonyl (C=O) groups is 1. The maximum atomic E-state index is 12.4. The van der Waals surface area contributed by atoms with Gasteiger partial charge in [0, 0.05) is 38.3 Å². The first-order chi connectivity index (χ1) is 11.5. The predicted octanol–water partition coefficient (Wildman–Crippen LogP) is 2.03. The monoisotopic (exact) mass is 329 g/mol. The van der Waals surface area contributed by atoms with Crippen molar-refractivity contribution in [3.05, 3.63) is 45.2 Å². The Balaban J connectivity index is 1.77. The molecule has 1 aliphatic rings. The second-order valence-electron chi connectivity index (χ2n) is 6.33. The van der Waals surface area contributed by atoms with Crippen molar-refractivity contribution in [2.24, 2.45) is 0 Å². The molecular weight excluding hydrogens is 306 g/mol. The van der Waals surface area contributed by atoms with Crippen molar-refractivity contribution in [1.82, 2.24) is 14.8 Å². The van der Waals surface area contributed by atoms with Crippen LogP contribution in [0.15, 0.2) is 23.0 Å². The lowest BCUT2D eigenvalue weighted by Crippen LogP contribution is -2.48. The molecule has 1 aromatic carbocycles. The summed E-state index contributed by atoms with van der Waals surface area (Å²) in [6, 6.07) is 6.11. The van der Waals surface area contributed by atoms with Gasteiger partial charge in [-0.2, -0.15) is 0 Å². The van der Waals surface area contributed by atoms with E-state index in [9.17, 15) is 9.59 Å². The number of pyridine rings is 1. The zero-order valence-corrected chi connectivity index (χ0v) is 14.4. The predicted molar refractivity (Wildman–Crippen MR) is 93.3 cm³/mol.